The largest absolute Gasteiger partial charge is 0.330 e. The number of hydrogen-bond donors (Lipinski definition) is 1. The lowest BCUT2D eigenvalue weighted by atomic mass is 10.0. The van der Waals surface area contributed by atoms with E-state index in [1.54, 1.807) is 0 Å². The van der Waals surface area contributed by atoms with Gasteiger partial charge in [0.2, 0.25) is 0 Å². The summed E-state index contributed by atoms with van der Waals surface area (Å²) in [5.41, 5.74) is 5.55. The summed E-state index contributed by atoms with van der Waals surface area (Å²) in [7, 11) is 0. The molecule has 1 aliphatic rings. The van der Waals surface area contributed by atoms with Gasteiger partial charge in [-0.15, -0.1) is 0 Å². The van der Waals surface area contributed by atoms with Crippen molar-refractivity contribution in [1.82, 2.24) is 4.90 Å². The number of hydrogen-bond acceptors (Lipinski definition) is 3. The minimum absolute atomic E-state index is 0.481. The molecule has 0 amide bonds. The van der Waals surface area contributed by atoms with Gasteiger partial charge in [-0.25, -0.2) is 0 Å². The first-order valence-electron chi connectivity index (χ1n) is 6.60. The van der Waals surface area contributed by atoms with Crippen LogP contribution in [0.2, 0.25) is 0 Å². The van der Waals surface area contributed by atoms with Gasteiger partial charge in [-0.05, 0) is 38.3 Å². The molecule has 1 rings (SSSR count). The molecule has 0 saturated carbocycles. The SMILES string of the molecule is CC(CCCN)CN1CCSC(C)(C)CC1. The summed E-state index contributed by atoms with van der Waals surface area (Å²) in [6, 6.07) is 0. The van der Waals surface area contributed by atoms with Crippen LogP contribution in [0.25, 0.3) is 0 Å². The van der Waals surface area contributed by atoms with E-state index in [-0.39, 0.29) is 0 Å². The first kappa shape index (κ1) is 14.3. The Balaban J connectivity index is 2.26. The molecule has 0 radical (unpaired) electrons. The summed E-state index contributed by atoms with van der Waals surface area (Å²) in [5, 5.41) is 0. The van der Waals surface area contributed by atoms with Gasteiger partial charge in [-0.2, -0.15) is 11.8 Å². The summed E-state index contributed by atoms with van der Waals surface area (Å²) in [5.74, 6) is 2.09. The van der Waals surface area contributed by atoms with Gasteiger partial charge in [0.15, 0.2) is 0 Å². The summed E-state index contributed by atoms with van der Waals surface area (Å²) in [6.07, 6.45) is 3.78. The van der Waals surface area contributed by atoms with Gasteiger partial charge in [0.1, 0.15) is 0 Å². The highest BCUT2D eigenvalue weighted by molar-refractivity contribution is 8.00. The quantitative estimate of drug-likeness (QED) is 0.806. The van der Waals surface area contributed by atoms with Crippen molar-refractivity contribution in [2.45, 2.75) is 44.8 Å². The summed E-state index contributed by atoms with van der Waals surface area (Å²) < 4.78 is 0.481. The average Bonchev–Trinajstić information content (AvgIpc) is 2.37. The van der Waals surface area contributed by atoms with Gasteiger partial charge < -0.3 is 10.6 Å². The molecule has 1 heterocycles. The second-order valence-electron chi connectivity index (χ2n) is 5.69. The van der Waals surface area contributed by atoms with Crippen LogP contribution in [0.3, 0.4) is 0 Å². The Morgan fingerprint density at radius 1 is 1.38 bits per heavy atom. The minimum Gasteiger partial charge on any atom is -0.330 e. The van der Waals surface area contributed by atoms with Crippen LogP contribution >= 0.6 is 11.8 Å². The van der Waals surface area contributed by atoms with Crippen molar-refractivity contribution in [3.8, 4) is 0 Å². The fraction of sp³-hybridized carbons (Fsp3) is 1.00. The van der Waals surface area contributed by atoms with Crippen molar-refractivity contribution in [3.63, 3.8) is 0 Å². The Labute approximate surface area is 105 Å². The maximum absolute atomic E-state index is 5.55. The van der Waals surface area contributed by atoms with Crippen LogP contribution in [0.1, 0.15) is 40.0 Å². The smallest absolute Gasteiger partial charge is 0.0116 e. The molecule has 2 nitrogen and oxygen atoms in total. The Bertz CT molecular complexity index is 194. The third kappa shape index (κ3) is 5.55. The Kier molecular flexibility index (Phi) is 6.16. The van der Waals surface area contributed by atoms with Crippen LogP contribution in [0.15, 0.2) is 0 Å². The molecule has 0 aromatic carbocycles. The number of nitrogens with zero attached hydrogens (tertiary/aromatic N) is 1. The molecule has 0 spiro atoms. The monoisotopic (exact) mass is 244 g/mol. The first-order chi connectivity index (χ1) is 7.53. The zero-order valence-electron chi connectivity index (χ0n) is 11.2. The van der Waals surface area contributed by atoms with Crippen molar-refractivity contribution >= 4 is 11.8 Å². The fourth-order valence-corrected chi connectivity index (χ4v) is 3.38. The van der Waals surface area contributed by atoms with E-state index in [4.69, 9.17) is 5.73 Å². The fourth-order valence-electron chi connectivity index (χ4n) is 2.24. The van der Waals surface area contributed by atoms with E-state index >= 15 is 0 Å². The molecule has 1 fully saturated rings. The number of nitrogens with two attached hydrogens (primary N) is 1. The maximum Gasteiger partial charge on any atom is 0.0116 e. The predicted octanol–water partition coefficient (Wildman–Crippen LogP) is 2.58. The Morgan fingerprint density at radius 2 is 2.12 bits per heavy atom. The lowest BCUT2D eigenvalue weighted by Gasteiger charge is -2.25. The van der Waals surface area contributed by atoms with Crippen molar-refractivity contribution in [1.29, 1.82) is 0 Å². The molecule has 0 aliphatic carbocycles. The maximum atomic E-state index is 5.55. The third-order valence-corrected chi connectivity index (χ3v) is 4.77. The molecular formula is C13H28N2S. The molecule has 16 heavy (non-hydrogen) atoms. The molecule has 3 heteroatoms. The molecule has 0 aromatic heterocycles. The third-order valence-electron chi connectivity index (χ3n) is 3.40. The second-order valence-corrected chi connectivity index (χ2v) is 7.50. The van der Waals surface area contributed by atoms with E-state index in [0.717, 1.165) is 12.5 Å². The number of rotatable bonds is 5. The summed E-state index contributed by atoms with van der Waals surface area (Å²) in [6.45, 7) is 11.7. The van der Waals surface area contributed by atoms with Gasteiger partial charge >= 0.3 is 0 Å². The van der Waals surface area contributed by atoms with Crippen LogP contribution in [0, 0.1) is 5.92 Å². The highest BCUT2D eigenvalue weighted by Gasteiger charge is 2.23. The van der Waals surface area contributed by atoms with E-state index in [1.165, 1.54) is 44.6 Å². The molecule has 1 unspecified atom stereocenters. The summed E-state index contributed by atoms with van der Waals surface area (Å²) in [4.78, 5) is 2.64. The molecule has 1 atom stereocenters. The van der Waals surface area contributed by atoms with E-state index in [2.05, 4.69) is 37.4 Å². The van der Waals surface area contributed by atoms with Crippen molar-refractivity contribution < 1.29 is 0 Å². The molecule has 0 aromatic rings. The molecular weight excluding hydrogens is 216 g/mol. The average molecular weight is 244 g/mol. The minimum atomic E-state index is 0.481. The van der Waals surface area contributed by atoms with Crippen LogP contribution < -0.4 is 5.73 Å². The lowest BCUT2D eigenvalue weighted by molar-refractivity contribution is 0.239. The van der Waals surface area contributed by atoms with E-state index < -0.39 is 0 Å². The van der Waals surface area contributed by atoms with Crippen LogP contribution in [0.5, 0.6) is 0 Å². The van der Waals surface area contributed by atoms with E-state index in [1.807, 2.05) is 0 Å². The second kappa shape index (κ2) is 6.87. The van der Waals surface area contributed by atoms with E-state index in [0.29, 0.717) is 4.75 Å². The normalized spacial score (nSPS) is 24.0. The van der Waals surface area contributed by atoms with Gasteiger partial charge in [-0.3, -0.25) is 0 Å². The van der Waals surface area contributed by atoms with E-state index in [9.17, 15) is 0 Å². The highest BCUT2D eigenvalue weighted by Crippen LogP contribution is 2.30. The molecule has 1 aliphatic heterocycles. The lowest BCUT2D eigenvalue weighted by Crippen LogP contribution is -2.31. The Hall–Kier alpha value is 0.270. The number of thioether (sulfide) groups is 1. The predicted molar refractivity (Wildman–Crippen MR) is 75.0 cm³/mol. The van der Waals surface area contributed by atoms with Crippen molar-refractivity contribution in [2.75, 3.05) is 31.9 Å². The van der Waals surface area contributed by atoms with Gasteiger partial charge in [0.25, 0.3) is 0 Å². The molecule has 2 N–H and O–H groups in total. The van der Waals surface area contributed by atoms with Crippen LogP contribution in [-0.2, 0) is 0 Å². The standard InChI is InChI=1S/C13H28N2S/c1-12(5-4-7-14)11-15-8-6-13(2,3)16-10-9-15/h12H,4-11,14H2,1-3H3. The Morgan fingerprint density at radius 3 is 2.81 bits per heavy atom. The van der Waals surface area contributed by atoms with Gasteiger partial charge in [0, 0.05) is 23.6 Å². The summed E-state index contributed by atoms with van der Waals surface area (Å²) >= 11 is 2.13. The molecule has 96 valence electrons. The van der Waals surface area contributed by atoms with Crippen LogP contribution in [0.4, 0.5) is 0 Å². The zero-order chi connectivity index (χ0) is 12.0. The van der Waals surface area contributed by atoms with Crippen molar-refractivity contribution in [2.24, 2.45) is 11.7 Å². The van der Waals surface area contributed by atoms with Gasteiger partial charge in [0.05, 0.1) is 0 Å². The zero-order valence-corrected chi connectivity index (χ0v) is 12.0. The topological polar surface area (TPSA) is 29.3 Å². The molecule has 1 saturated heterocycles. The van der Waals surface area contributed by atoms with Gasteiger partial charge in [-0.1, -0.05) is 20.8 Å². The van der Waals surface area contributed by atoms with Crippen molar-refractivity contribution in [3.05, 3.63) is 0 Å². The molecule has 0 bridgehead atoms. The first-order valence-corrected chi connectivity index (χ1v) is 7.58. The highest BCUT2D eigenvalue weighted by atomic mass is 32.2. The van der Waals surface area contributed by atoms with Crippen LogP contribution in [-0.4, -0.2) is 41.6 Å².